The van der Waals surface area contributed by atoms with Crippen LogP contribution >= 0.6 is 22.6 Å². The molecule has 1 fully saturated rings. The van der Waals surface area contributed by atoms with Crippen LogP contribution in [0, 0.1) is 10.6 Å². The molecule has 94 valence electrons. The molecule has 5 heteroatoms. The third-order valence-corrected chi connectivity index (χ3v) is 3.75. The van der Waals surface area contributed by atoms with Crippen molar-refractivity contribution in [3.63, 3.8) is 0 Å². The Balaban J connectivity index is 2.00. The summed E-state index contributed by atoms with van der Waals surface area (Å²) in [5.74, 6) is 0. The second-order valence-electron chi connectivity index (χ2n) is 4.29. The fourth-order valence-corrected chi connectivity index (χ4v) is 2.75. The summed E-state index contributed by atoms with van der Waals surface area (Å²) in [5.41, 5.74) is 2.35. The van der Waals surface area contributed by atoms with Gasteiger partial charge in [0.25, 0.3) is 0 Å². The van der Waals surface area contributed by atoms with Gasteiger partial charge in [-0.05, 0) is 41.6 Å². The molecule has 0 spiro atoms. The van der Waals surface area contributed by atoms with Crippen molar-refractivity contribution >= 4 is 28.3 Å². The first kappa shape index (κ1) is 13.0. The van der Waals surface area contributed by atoms with Gasteiger partial charge in [-0.25, -0.2) is 4.98 Å². The van der Waals surface area contributed by atoms with Gasteiger partial charge in [-0.1, -0.05) is 0 Å². The first-order valence-corrected chi connectivity index (χ1v) is 7.00. The predicted octanol–water partition coefficient (Wildman–Crippen LogP) is 1.11. The Bertz CT molecular complexity index is 378. The fraction of sp³-hybridized carbons (Fsp3) is 0.583. The number of pyridine rings is 1. The van der Waals surface area contributed by atoms with Gasteiger partial charge in [0.15, 0.2) is 0 Å². The van der Waals surface area contributed by atoms with Crippen LogP contribution < -0.4 is 4.90 Å². The first-order chi connectivity index (χ1) is 8.20. The molecule has 0 atom stereocenters. The number of piperazine rings is 1. The molecule has 1 aromatic heterocycles. The highest BCUT2D eigenvalue weighted by Gasteiger charge is 2.18. The van der Waals surface area contributed by atoms with E-state index in [9.17, 15) is 0 Å². The standard InChI is InChI=1S/C12H18IN3O/c1-10-11(2-3-12(13)14-10)16-6-4-15(5-7-16)8-9-17/h2-3,17H,4-9H2,1H3. The average molecular weight is 347 g/mol. The summed E-state index contributed by atoms with van der Waals surface area (Å²) in [5, 5.41) is 8.91. The van der Waals surface area contributed by atoms with Crippen molar-refractivity contribution in [2.75, 3.05) is 44.2 Å². The summed E-state index contributed by atoms with van der Waals surface area (Å²) in [4.78, 5) is 9.17. The van der Waals surface area contributed by atoms with Gasteiger partial charge < -0.3 is 10.0 Å². The van der Waals surface area contributed by atoms with Gasteiger partial charge in [0.2, 0.25) is 0 Å². The molecule has 1 saturated heterocycles. The Kier molecular flexibility index (Phi) is 4.58. The van der Waals surface area contributed by atoms with Crippen molar-refractivity contribution in [2.45, 2.75) is 6.92 Å². The summed E-state index contributed by atoms with van der Waals surface area (Å²) in [6.45, 7) is 7.18. The Morgan fingerprint density at radius 2 is 2.00 bits per heavy atom. The van der Waals surface area contributed by atoms with E-state index in [1.165, 1.54) is 5.69 Å². The molecule has 0 bridgehead atoms. The van der Waals surface area contributed by atoms with E-state index in [4.69, 9.17) is 5.11 Å². The van der Waals surface area contributed by atoms with Crippen molar-refractivity contribution in [1.29, 1.82) is 0 Å². The van der Waals surface area contributed by atoms with Crippen molar-refractivity contribution in [1.82, 2.24) is 9.88 Å². The summed E-state index contributed by atoms with van der Waals surface area (Å²) < 4.78 is 1.04. The lowest BCUT2D eigenvalue weighted by atomic mass is 10.2. The van der Waals surface area contributed by atoms with Crippen molar-refractivity contribution in [2.24, 2.45) is 0 Å². The van der Waals surface area contributed by atoms with Crippen molar-refractivity contribution < 1.29 is 5.11 Å². The molecule has 0 amide bonds. The van der Waals surface area contributed by atoms with Crippen molar-refractivity contribution in [3.8, 4) is 0 Å². The number of aryl methyl sites for hydroxylation is 1. The number of aliphatic hydroxyl groups excluding tert-OH is 1. The highest BCUT2D eigenvalue weighted by Crippen LogP contribution is 2.20. The van der Waals surface area contributed by atoms with E-state index in [1.807, 2.05) is 0 Å². The third kappa shape index (κ3) is 3.29. The lowest BCUT2D eigenvalue weighted by Gasteiger charge is -2.36. The highest BCUT2D eigenvalue weighted by atomic mass is 127. The van der Waals surface area contributed by atoms with E-state index >= 15 is 0 Å². The second-order valence-corrected chi connectivity index (χ2v) is 5.40. The second kappa shape index (κ2) is 5.97. The number of hydrogen-bond acceptors (Lipinski definition) is 4. The van der Waals surface area contributed by atoms with Crippen LogP contribution in [-0.2, 0) is 0 Å². The van der Waals surface area contributed by atoms with Crippen LogP contribution in [0.1, 0.15) is 5.69 Å². The minimum Gasteiger partial charge on any atom is -0.395 e. The topological polar surface area (TPSA) is 39.6 Å². The highest BCUT2D eigenvalue weighted by molar-refractivity contribution is 14.1. The van der Waals surface area contributed by atoms with Crippen LogP contribution in [0.25, 0.3) is 0 Å². The summed E-state index contributed by atoms with van der Waals surface area (Å²) >= 11 is 2.24. The van der Waals surface area contributed by atoms with Crippen LogP contribution in [0.2, 0.25) is 0 Å². The molecule has 0 saturated carbocycles. The molecule has 1 aliphatic rings. The Morgan fingerprint density at radius 3 is 2.59 bits per heavy atom. The van der Waals surface area contributed by atoms with Crippen LogP contribution in [0.5, 0.6) is 0 Å². The smallest absolute Gasteiger partial charge is 0.101 e. The normalized spacial score (nSPS) is 17.5. The SMILES string of the molecule is Cc1nc(I)ccc1N1CCN(CCO)CC1. The van der Waals surface area contributed by atoms with Gasteiger partial charge in [-0.3, -0.25) is 4.90 Å². The van der Waals surface area contributed by atoms with Crippen LogP contribution in [0.4, 0.5) is 5.69 Å². The zero-order chi connectivity index (χ0) is 12.3. The molecule has 0 aromatic carbocycles. The number of β-amino-alcohol motifs (C(OH)–C–C–N with tert-alkyl or cyclic N) is 1. The van der Waals surface area contributed by atoms with E-state index in [0.29, 0.717) is 0 Å². The maximum absolute atomic E-state index is 8.91. The summed E-state index contributed by atoms with van der Waals surface area (Å²) in [7, 11) is 0. The van der Waals surface area contributed by atoms with Gasteiger partial charge in [0.1, 0.15) is 3.70 Å². The maximum atomic E-state index is 8.91. The molecular weight excluding hydrogens is 329 g/mol. The predicted molar refractivity (Wildman–Crippen MR) is 77.4 cm³/mol. The number of halogens is 1. The minimum absolute atomic E-state index is 0.254. The number of hydrogen-bond donors (Lipinski definition) is 1. The average Bonchev–Trinajstić information content (AvgIpc) is 2.31. The summed E-state index contributed by atoms with van der Waals surface area (Å²) in [6, 6.07) is 4.22. The van der Waals surface area contributed by atoms with Gasteiger partial charge in [-0.15, -0.1) is 0 Å². The van der Waals surface area contributed by atoms with E-state index in [0.717, 1.165) is 42.1 Å². The fourth-order valence-electron chi connectivity index (χ4n) is 2.21. The summed E-state index contributed by atoms with van der Waals surface area (Å²) in [6.07, 6.45) is 0. The molecule has 1 N–H and O–H groups in total. The maximum Gasteiger partial charge on any atom is 0.101 e. The number of rotatable bonds is 3. The van der Waals surface area contributed by atoms with E-state index < -0.39 is 0 Å². The lowest BCUT2D eigenvalue weighted by Crippen LogP contribution is -2.47. The largest absolute Gasteiger partial charge is 0.395 e. The van der Waals surface area contributed by atoms with Gasteiger partial charge >= 0.3 is 0 Å². The Morgan fingerprint density at radius 1 is 1.29 bits per heavy atom. The molecule has 2 rings (SSSR count). The van der Waals surface area contributed by atoms with Crippen LogP contribution in [0.3, 0.4) is 0 Å². The van der Waals surface area contributed by atoms with Crippen LogP contribution in [0.15, 0.2) is 12.1 Å². The molecule has 0 radical (unpaired) electrons. The van der Waals surface area contributed by atoms with Crippen LogP contribution in [-0.4, -0.2) is 54.3 Å². The number of aliphatic hydroxyl groups is 1. The van der Waals surface area contributed by atoms with E-state index in [1.54, 1.807) is 0 Å². The molecule has 1 aromatic rings. The van der Waals surface area contributed by atoms with Gasteiger partial charge in [0, 0.05) is 32.7 Å². The molecular formula is C12H18IN3O. The molecule has 0 aliphatic carbocycles. The third-order valence-electron chi connectivity index (χ3n) is 3.15. The molecule has 17 heavy (non-hydrogen) atoms. The zero-order valence-electron chi connectivity index (χ0n) is 10.1. The Hall–Kier alpha value is -0.400. The van der Waals surface area contributed by atoms with E-state index in [-0.39, 0.29) is 6.61 Å². The molecule has 2 heterocycles. The number of aromatic nitrogens is 1. The zero-order valence-corrected chi connectivity index (χ0v) is 12.2. The molecule has 4 nitrogen and oxygen atoms in total. The number of anilines is 1. The quantitative estimate of drug-likeness (QED) is 0.657. The van der Waals surface area contributed by atoms with Crippen molar-refractivity contribution in [3.05, 3.63) is 21.5 Å². The van der Waals surface area contributed by atoms with Gasteiger partial charge in [0.05, 0.1) is 18.0 Å². The monoisotopic (exact) mass is 347 g/mol. The minimum atomic E-state index is 0.254. The molecule has 0 unspecified atom stereocenters. The van der Waals surface area contributed by atoms with Gasteiger partial charge in [-0.2, -0.15) is 0 Å². The molecule has 1 aliphatic heterocycles. The number of nitrogens with zero attached hydrogens (tertiary/aromatic N) is 3. The van der Waals surface area contributed by atoms with E-state index in [2.05, 4.69) is 56.4 Å². The Labute approximate surface area is 116 Å². The first-order valence-electron chi connectivity index (χ1n) is 5.92. The lowest BCUT2D eigenvalue weighted by molar-refractivity contribution is 0.188.